The Morgan fingerprint density at radius 3 is 2.56 bits per heavy atom. The largest absolute Gasteiger partial charge is 0.462 e. The van der Waals surface area contributed by atoms with Crippen molar-refractivity contribution in [3.05, 3.63) is 73.9 Å². The first-order valence-electron chi connectivity index (χ1n) is 10.1. The summed E-state index contributed by atoms with van der Waals surface area (Å²) in [6.07, 6.45) is 0. The number of nitrogens with one attached hydrogen (secondary N) is 1. The molecule has 1 amide bonds. The number of thiophene rings is 1. The standard InChI is InChI=1S/C22H24N4O5S/c1-5-31-22(28)17-11-18(13(2)16-9-7-6-8-10-16)32-21(17)23-19(27)12-25-15(4)20(26(29)30)14(3)24-25/h6-11,13H,5,12H2,1-4H3,(H,23,27)/t13-/m1/s1. The van der Waals surface area contributed by atoms with Gasteiger partial charge in [0.25, 0.3) is 0 Å². The molecule has 1 atom stereocenters. The minimum absolute atomic E-state index is 0.0127. The molecule has 2 heterocycles. The molecule has 3 aromatic rings. The van der Waals surface area contributed by atoms with Gasteiger partial charge in [-0.25, -0.2) is 4.79 Å². The van der Waals surface area contributed by atoms with Gasteiger partial charge in [0.05, 0.1) is 17.1 Å². The number of carbonyl (C=O) groups is 2. The van der Waals surface area contributed by atoms with Crippen molar-refractivity contribution in [1.29, 1.82) is 0 Å². The highest BCUT2D eigenvalue weighted by atomic mass is 32.1. The Labute approximate surface area is 189 Å². The molecule has 9 nitrogen and oxygen atoms in total. The monoisotopic (exact) mass is 456 g/mol. The Bertz CT molecular complexity index is 1150. The van der Waals surface area contributed by atoms with Crippen LogP contribution in [0.3, 0.4) is 0 Å². The van der Waals surface area contributed by atoms with Gasteiger partial charge in [0.15, 0.2) is 0 Å². The first kappa shape index (κ1) is 23.1. The van der Waals surface area contributed by atoms with Crippen LogP contribution in [0, 0.1) is 24.0 Å². The molecule has 168 valence electrons. The van der Waals surface area contributed by atoms with Crippen LogP contribution in [-0.4, -0.2) is 33.2 Å². The Kier molecular flexibility index (Phi) is 7.04. The average Bonchev–Trinajstić information content (AvgIpc) is 3.28. The fraction of sp³-hybridized carbons (Fsp3) is 0.318. The molecule has 0 bridgehead atoms. The molecule has 3 rings (SSSR count). The second kappa shape index (κ2) is 9.73. The maximum absolute atomic E-state index is 12.7. The van der Waals surface area contributed by atoms with Crippen LogP contribution in [0.2, 0.25) is 0 Å². The summed E-state index contributed by atoms with van der Waals surface area (Å²) in [5.41, 5.74) is 1.78. The SMILES string of the molecule is CCOC(=O)c1cc([C@H](C)c2ccccc2)sc1NC(=O)Cn1nc(C)c([N+](=O)[O-])c1C. The van der Waals surface area contributed by atoms with Crippen molar-refractivity contribution in [1.82, 2.24) is 9.78 Å². The van der Waals surface area contributed by atoms with Gasteiger partial charge in [-0.05, 0) is 32.4 Å². The van der Waals surface area contributed by atoms with Crippen LogP contribution in [0.5, 0.6) is 0 Å². The lowest BCUT2D eigenvalue weighted by atomic mass is 9.99. The third-order valence-corrected chi connectivity index (χ3v) is 6.28. The van der Waals surface area contributed by atoms with Crippen LogP contribution >= 0.6 is 11.3 Å². The molecule has 0 radical (unpaired) electrons. The number of benzene rings is 1. The number of nitro groups is 1. The quantitative estimate of drug-likeness (QED) is 0.304. The van der Waals surface area contributed by atoms with Crippen molar-refractivity contribution in [3.63, 3.8) is 0 Å². The van der Waals surface area contributed by atoms with Crippen LogP contribution in [0.1, 0.15) is 52.0 Å². The highest BCUT2D eigenvalue weighted by Crippen LogP contribution is 2.36. The van der Waals surface area contributed by atoms with E-state index < -0.39 is 16.8 Å². The zero-order valence-electron chi connectivity index (χ0n) is 18.2. The van der Waals surface area contributed by atoms with Crippen molar-refractivity contribution < 1.29 is 19.2 Å². The number of nitrogens with zero attached hydrogens (tertiary/aromatic N) is 3. The second-order valence-corrected chi connectivity index (χ2v) is 8.31. The number of aromatic nitrogens is 2. The van der Waals surface area contributed by atoms with E-state index in [-0.39, 0.29) is 41.7 Å². The number of aryl methyl sites for hydroxylation is 1. The minimum atomic E-state index is -0.521. The predicted octanol–water partition coefficient (Wildman–Crippen LogP) is 4.44. The van der Waals surface area contributed by atoms with Gasteiger partial charge >= 0.3 is 11.7 Å². The molecule has 0 aliphatic rings. The van der Waals surface area contributed by atoms with E-state index in [1.165, 1.54) is 22.9 Å². The van der Waals surface area contributed by atoms with E-state index in [1.807, 2.05) is 37.3 Å². The maximum atomic E-state index is 12.7. The number of hydrogen-bond acceptors (Lipinski definition) is 7. The van der Waals surface area contributed by atoms with Gasteiger partial charge in [-0.1, -0.05) is 37.3 Å². The molecule has 0 saturated carbocycles. The van der Waals surface area contributed by atoms with E-state index in [4.69, 9.17) is 4.74 Å². The maximum Gasteiger partial charge on any atom is 0.341 e. The number of carbonyl (C=O) groups excluding carboxylic acids is 2. The zero-order valence-corrected chi connectivity index (χ0v) is 19.1. The molecule has 1 aromatic carbocycles. The minimum Gasteiger partial charge on any atom is -0.462 e. The lowest BCUT2D eigenvalue weighted by Crippen LogP contribution is -2.21. The summed E-state index contributed by atoms with van der Waals surface area (Å²) < 4.78 is 6.44. The average molecular weight is 457 g/mol. The Hall–Kier alpha value is -3.53. The van der Waals surface area contributed by atoms with Gasteiger partial charge in [-0.2, -0.15) is 5.10 Å². The van der Waals surface area contributed by atoms with Gasteiger partial charge in [0.2, 0.25) is 5.91 Å². The lowest BCUT2D eigenvalue weighted by molar-refractivity contribution is -0.386. The summed E-state index contributed by atoms with van der Waals surface area (Å²) >= 11 is 1.30. The summed E-state index contributed by atoms with van der Waals surface area (Å²) in [5.74, 6) is -0.956. The number of amides is 1. The fourth-order valence-corrected chi connectivity index (χ4v) is 4.53. The lowest BCUT2D eigenvalue weighted by Gasteiger charge is -2.09. The summed E-state index contributed by atoms with van der Waals surface area (Å²) in [4.78, 5) is 36.8. The molecule has 0 fully saturated rings. The number of anilines is 1. The third-order valence-electron chi connectivity index (χ3n) is 5.05. The van der Waals surface area contributed by atoms with E-state index in [0.717, 1.165) is 10.4 Å². The van der Waals surface area contributed by atoms with Crippen molar-refractivity contribution in [2.45, 2.75) is 40.2 Å². The molecule has 1 N–H and O–H groups in total. The number of rotatable bonds is 8. The molecule has 32 heavy (non-hydrogen) atoms. The van der Waals surface area contributed by atoms with E-state index in [2.05, 4.69) is 10.4 Å². The fourth-order valence-electron chi connectivity index (χ4n) is 3.39. The van der Waals surface area contributed by atoms with Crippen molar-refractivity contribution in [2.24, 2.45) is 0 Å². The first-order chi connectivity index (χ1) is 15.2. The first-order valence-corrected chi connectivity index (χ1v) is 10.9. The smallest absolute Gasteiger partial charge is 0.341 e. The number of hydrogen-bond donors (Lipinski definition) is 1. The molecule has 10 heteroatoms. The van der Waals surface area contributed by atoms with Gasteiger partial charge < -0.3 is 10.1 Å². The normalized spacial score (nSPS) is 11.8. The van der Waals surface area contributed by atoms with Crippen LogP contribution in [0.25, 0.3) is 0 Å². The third kappa shape index (κ3) is 4.86. The van der Waals surface area contributed by atoms with Crippen LogP contribution in [0.4, 0.5) is 10.7 Å². The van der Waals surface area contributed by atoms with E-state index >= 15 is 0 Å². The van der Waals surface area contributed by atoms with Crippen LogP contribution in [-0.2, 0) is 16.1 Å². The molecule has 2 aromatic heterocycles. The van der Waals surface area contributed by atoms with E-state index in [0.29, 0.717) is 5.00 Å². The summed E-state index contributed by atoms with van der Waals surface area (Å²) in [7, 11) is 0. The number of ether oxygens (including phenoxy) is 1. The highest BCUT2D eigenvalue weighted by molar-refractivity contribution is 7.16. The number of esters is 1. The predicted molar refractivity (Wildman–Crippen MR) is 121 cm³/mol. The molecule has 0 unspecified atom stereocenters. The summed E-state index contributed by atoms with van der Waals surface area (Å²) in [6.45, 7) is 6.79. The van der Waals surface area contributed by atoms with E-state index in [1.54, 1.807) is 19.9 Å². The molecule has 0 aliphatic carbocycles. The highest BCUT2D eigenvalue weighted by Gasteiger charge is 2.25. The van der Waals surface area contributed by atoms with Crippen molar-refractivity contribution in [2.75, 3.05) is 11.9 Å². The molecule has 0 saturated heterocycles. The van der Waals surface area contributed by atoms with Crippen molar-refractivity contribution >= 4 is 33.9 Å². The Morgan fingerprint density at radius 1 is 1.28 bits per heavy atom. The zero-order chi connectivity index (χ0) is 23.4. The molecular formula is C22H24N4O5S. The Balaban J connectivity index is 1.87. The van der Waals surface area contributed by atoms with Crippen molar-refractivity contribution in [3.8, 4) is 0 Å². The van der Waals surface area contributed by atoms with Gasteiger partial charge in [0.1, 0.15) is 22.9 Å². The Morgan fingerprint density at radius 2 is 1.97 bits per heavy atom. The van der Waals surface area contributed by atoms with Gasteiger partial charge in [-0.15, -0.1) is 11.3 Å². The molecular weight excluding hydrogens is 432 g/mol. The van der Waals surface area contributed by atoms with Gasteiger partial charge in [0, 0.05) is 10.8 Å². The van der Waals surface area contributed by atoms with Crippen LogP contribution < -0.4 is 5.32 Å². The van der Waals surface area contributed by atoms with Gasteiger partial charge in [-0.3, -0.25) is 19.6 Å². The molecule has 0 spiro atoms. The van der Waals surface area contributed by atoms with Crippen LogP contribution in [0.15, 0.2) is 36.4 Å². The second-order valence-electron chi connectivity index (χ2n) is 7.23. The topological polar surface area (TPSA) is 116 Å². The van der Waals surface area contributed by atoms with E-state index in [9.17, 15) is 19.7 Å². The summed E-state index contributed by atoms with van der Waals surface area (Å²) in [6, 6.07) is 11.6. The molecule has 0 aliphatic heterocycles. The summed E-state index contributed by atoms with van der Waals surface area (Å²) in [5, 5.41) is 18.4.